The first kappa shape index (κ1) is 14.2. The first-order valence-corrected chi connectivity index (χ1v) is 7.45. The molecule has 0 saturated carbocycles. The van der Waals surface area contributed by atoms with Crippen molar-refractivity contribution in [2.45, 2.75) is 12.5 Å². The Morgan fingerprint density at radius 3 is 3.00 bits per heavy atom. The Balaban J connectivity index is 1.53. The fourth-order valence-electron chi connectivity index (χ4n) is 2.87. The maximum Gasteiger partial charge on any atom is 0.330 e. The predicted octanol–water partition coefficient (Wildman–Crippen LogP) is -0.114. The van der Waals surface area contributed by atoms with Crippen LogP contribution in [0.3, 0.4) is 0 Å². The maximum absolute atomic E-state index is 12.4. The third-order valence-corrected chi connectivity index (χ3v) is 4.07. The molecule has 3 aromatic rings. The van der Waals surface area contributed by atoms with E-state index in [9.17, 15) is 14.4 Å². The molecule has 3 aromatic heterocycles. The van der Waals surface area contributed by atoms with Gasteiger partial charge in [-0.15, -0.1) is 0 Å². The average molecular weight is 326 g/mol. The smallest absolute Gasteiger partial charge is 0.330 e. The van der Waals surface area contributed by atoms with E-state index in [1.54, 1.807) is 36.7 Å². The van der Waals surface area contributed by atoms with E-state index in [2.05, 4.69) is 20.5 Å². The first-order chi connectivity index (χ1) is 11.6. The lowest BCUT2D eigenvalue weighted by molar-refractivity contribution is -0.118. The van der Waals surface area contributed by atoms with Crippen molar-refractivity contribution < 1.29 is 9.59 Å². The van der Waals surface area contributed by atoms with Crippen LogP contribution < -0.4 is 15.9 Å². The summed E-state index contributed by atoms with van der Waals surface area (Å²) in [4.78, 5) is 40.7. The van der Waals surface area contributed by atoms with Gasteiger partial charge in [-0.05, 0) is 24.6 Å². The van der Waals surface area contributed by atoms with Crippen LogP contribution >= 0.6 is 0 Å². The Bertz CT molecular complexity index is 971. The summed E-state index contributed by atoms with van der Waals surface area (Å²) in [5.74, 6) is -0.0981. The van der Waals surface area contributed by atoms with Crippen molar-refractivity contribution in [2.24, 2.45) is 0 Å². The molecule has 9 nitrogen and oxygen atoms in total. The minimum atomic E-state index is -0.632. The van der Waals surface area contributed by atoms with E-state index in [1.165, 1.54) is 9.30 Å². The van der Waals surface area contributed by atoms with Crippen LogP contribution in [0, 0.1) is 0 Å². The van der Waals surface area contributed by atoms with Crippen molar-refractivity contribution in [1.82, 2.24) is 24.9 Å². The zero-order chi connectivity index (χ0) is 16.7. The van der Waals surface area contributed by atoms with Gasteiger partial charge in [0.2, 0.25) is 0 Å². The monoisotopic (exact) mass is 326 g/mol. The van der Waals surface area contributed by atoms with E-state index in [-0.39, 0.29) is 11.6 Å². The van der Waals surface area contributed by atoms with Crippen LogP contribution in [0.4, 0.5) is 5.82 Å². The number of rotatable bonds is 3. The number of aromatic nitrogens is 4. The molecule has 0 spiro atoms. The van der Waals surface area contributed by atoms with Gasteiger partial charge in [0.25, 0.3) is 11.8 Å². The molecule has 1 fully saturated rings. The van der Waals surface area contributed by atoms with Crippen molar-refractivity contribution in [3.63, 3.8) is 0 Å². The Morgan fingerprint density at radius 1 is 1.33 bits per heavy atom. The van der Waals surface area contributed by atoms with Crippen molar-refractivity contribution in [3.8, 4) is 0 Å². The zero-order valence-electron chi connectivity index (χ0n) is 12.5. The number of hydrogen-bond donors (Lipinski definition) is 3. The van der Waals surface area contributed by atoms with Gasteiger partial charge >= 0.3 is 5.69 Å². The molecule has 1 atom stereocenters. The SMILES string of the molecule is O=C(NC1CCN(c2ccn[nH]2)C1=O)c1cc2cccn2c(=O)[nH]1. The van der Waals surface area contributed by atoms with Gasteiger partial charge in [0.05, 0.1) is 11.7 Å². The number of fused-ring (bicyclic) bond motifs is 1. The highest BCUT2D eigenvalue weighted by Gasteiger charge is 2.34. The number of aromatic amines is 2. The summed E-state index contributed by atoms with van der Waals surface area (Å²) in [6.45, 7) is 0.486. The summed E-state index contributed by atoms with van der Waals surface area (Å²) in [6, 6.07) is 6.08. The van der Waals surface area contributed by atoms with E-state index >= 15 is 0 Å². The molecule has 3 N–H and O–H groups in total. The van der Waals surface area contributed by atoms with Crippen molar-refractivity contribution >= 4 is 23.1 Å². The van der Waals surface area contributed by atoms with E-state index in [0.717, 1.165) is 0 Å². The molecular weight excluding hydrogens is 312 g/mol. The lowest BCUT2D eigenvalue weighted by Crippen LogP contribution is -2.42. The molecule has 0 radical (unpaired) electrons. The van der Waals surface area contributed by atoms with E-state index in [1.807, 2.05) is 0 Å². The third-order valence-electron chi connectivity index (χ3n) is 4.07. The van der Waals surface area contributed by atoms with E-state index < -0.39 is 17.6 Å². The second-order valence-electron chi connectivity index (χ2n) is 5.54. The van der Waals surface area contributed by atoms with Gasteiger partial charge in [0, 0.05) is 18.8 Å². The zero-order valence-corrected chi connectivity index (χ0v) is 12.5. The number of anilines is 1. The quantitative estimate of drug-likeness (QED) is 0.622. The molecule has 1 aliphatic heterocycles. The second kappa shape index (κ2) is 5.37. The summed E-state index contributed by atoms with van der Waals surface area (Å²) in [5.41, 5.74) is 0.333. The number of carbonyl (C=O) groups excluding carboxylic acids is 2. The van der Waals surface area contributed by atoms with Gasteiger partial charge in [0.1, 0.15) is 17.6 Å². The first-order valence-electron chi connectivity index (χ1n) is 7.45. The highest BCUT2D eigenvalue weighted by atomic mass is 16.2. The van der Waals surface area contributed by atoms with Gasteiger partial charge in [-0.3, -0.25) is 24.0 Å². The molecular formula is C15H14N6O3. The normalized spacial score (nSPS) is 17.6. The number of carbonyl (C=O) groups is 2. The topological polar surface area (TPSA) is 115 Å². The van der Waals surface area contributed by atoms with Crippen molar-refractivity contribution in [1.29, 1.82) is 0 Å². The Morgan fingerprint density at radius 2 is 2.21 bits per heavy atom. The highest BCUT2D eigenvalue weighted by Crippen LogP contribution is 2.18. The molecule has 0 bridgehead atoms. The fraction of sp³-hybridized carbons (Fsp3) is 0.200. The molecule has 4 rings (SSSR count). The maximum atomic E-state index is 12.4. The number of nitrogens with one attached hydrogen (secondary N) is 3. The van der Waals surface area contributed by atoms with Crippen molar-refractivity contribution in [3.05, 3.63) is 52.8 Å². The summed E-state index contributed by atoms with van der Waals surface area (Å²) >= 11 is 0. The molecule has 4 heterocycles. The molecule has 1 saturated heterocycles. The number of amides is 2. The van der Waals surface area contributed by atoms with Crippen LogP contribution in [0.1, 0.15) is 16.9 Å². The van der Waals surface area contributed by atoms with E-state index in [0.29, 0.717) is 24.3 Å². The Labute approximate surface area is 135 Å². The average Bonchev–Trinajstić information content (AvgIpc) is 3.29. The van der Waals surface area contributed by atoms with Crippen LogP contribution in [-0.4, -0.2) is 44.0 Å². The molecule has 0 aromatic carbocycles. The van der Waals surface area contributed by atoms with Gasteiger partial charge in [-0.2, -0.15) is 5.10 Å². The molecule has 1 unspecified atom stereocenters. The molecule has 24 heavy (non-hydrogen) atoms. The predicted molar refractivity (Wildman–Crippen MR) is 84.8 cm³/mol. The third kappa shape index (κ3) is 2.26. The molecule has 122 valence electrons. The van der Waals surface area contributed by atoms with Gasteiger partial charge in [0.15, 0.2) is 0 Å². The minimum Gasteiger partial charge on any atom is -0.339 e. The highest BCUT2D eigenvalue weighted by molar-refractivity contribution is 6.03. The van der Waals surface area contributed by atoms with Crippen LogP contribution in [0.25, 0.3) is 5.52 Å². The van der Waals surface area contributed by atoms with Crippen LogP contribution in [0.15, 0.2) is 41.5 Å². The lowest BCUT2D eigenvalue weighted by atomic mass is 10.2. The standard InChI is InChI=1S/C15H14N6O3/c22-13(11-8-9-2-1-6-20(9)15(24)18-11)17-10-4-7-21(14(10)23)12-3-5-16-19-12/h1-3,5-6,8,10H,4,7H2,(H,16,19)(H,17,22)(H,18,24). The summed E-state index contributed by atoms with van der Waals surface area (Å²) < 4.78 is 1.40. The summed E-state index contributed by atoms with van der Waals surface area (Å²) in [6.07, 6.45) is 3.66. The van der Waals surface area contributed by atoms with Gasteiger partial charge in [-0.25, -0.2) is 4.79 Å². The second-order valence-corrected chi connectivity index (χ2v) is 5.54. The van der Waals surface area contributed by atoms with Gasteiger partial charge < -0.3 is 10.3 Å². The lowest BCUT2D eigenvalue weighted by Gasteiger charge is -2.15. The largest absolute Gasteiger partial charge is 0.339 e. The van der Waals surface area contributed by atoms with E-state index in [4.69, 9.17) is 0 Å². The number of hydrogen-bond acceptors (Lipinski definition) is 4. The van der Waals surface area contributed by atoms with Crippen LogP contribution in [0.2, 0.25) is 0 Å². The van der Waals surface area contributed by atoms with Gasteiger partial charge in [-0.1, -0.05) is 0 Å². The summed E-state index contributed by atoms with van der Waals surface area (Å²) in [7, 11) is 0. The van der Waals surface area contributed by atoms with Crippen LogP contribution in [-0.2, 0) is 4.79 Å². The molecule has 9 heteroatoms. The Kier molecular flexibility index (Phi) is 3.19. The van der Waals surface area contributed by atoms with Crippen molar-refractivity contribution in [2.75, 3.05) is 11.4 Å². The summed E-state index contributed by atoms with van der Waals surface area (Å²) in [5, 5.41) is 9.23. The number of nitrogens with zero attached hydrogens (tertiary/aromatic N) is 3. The molecule has 1 aliphatic rings. The Hall–Kier alpha value is -3.36. The minimum absolute atomic E-state index is 0.124. The fourth-order valence-corrected chi connectivity index (χ4v) is 2.87. The molecule has 2 amide bonds. The molecule has 0 aliphatic carbocycles. The van der Waals surface area contributed by atoms with Crippen LogP contribution in [0.5, 0.6) is 0 Å². The number of H-pyrrole nitrogens is 2.